The molecule has 7 heteroatoms. The van der Waals surface area contributed by atoms with Gasteiger partial charge in [0.2, 0.25) is 5.91 Å². The molecule has 2 aromatic heterocycles. The number of fused-ring (bicyclic) bond motifs is 1. The highest BCUT2D eigenvalue weighted by molar-refractivity contribution is 6.04. The molecule has 2 aromatic rings. The Labute approximate surface area is 114 Å². The molecule has 0 aliphatic heterocycles. The van der Waals surface area contributed by atoms with Crippen LogP contribution in [0.4, 0.5) is 0 Å². The summed E-state index contributed by atoms with van der Waals surface area (Å²) in [5.41, 5.74) is -0.558. The van der Waals surface area contributed by atoms with Gasteiger partial charge in [-0.1, -0.05) is 6.07 Å². The van der Waals surface area contributed by atoms with Crippen molar-refractivity contribution in [1.82, 2.24) is 19.9 Å². The molecule has 0 aromatic carbocycles. The highest BCUT2D eigenvalue weighted by Crippen LogP contribution is 2.46. The third-order valence-corrected chi connectivity index (χ3v) is 3.67. The number of carbonyl (C=O) groups excluding carboxylic acids is 1. The number of hydrogen-bond acceptors (Lipinski definition) is 4. The molecule has 0 radical (unpaired) electrons. The van der Waals surface area contributed by atoms with Crippen LogP contribution in [0.3, 0.4) is 0 Å². The Morgan fingerprint density at radius 1 is 1.40 bits per heavy atom. The molecule has 0 bridgehead atoms. The summed E-state index contributed by atoms with van der Waals surface area (Å²) >= 11 is 0. The van der Waals surface area contributed by atoms with Gasteiger partial charge >= 0.3 is 5.97 Å². The van der Waals surface area contributed by atoms with Gasteiger partial charge in [-0.15, -0.1) is 10.2 Å². The molecular formula is C13H14N4O3. The number of carbonyl (C=O) groups is 2. The van der Waals surface area contributed by atoms with Crippen LogP contribution in [-0.4, -0.2) is 31.6 Å². The van der Waals surface area contributed by atoms with Crippen molar-refractivity contribution in [3.05, 3.63) is 30.2 Å². The second kappa shape index (κ2) is 4.29. The van der Waals surface area contributed by atoms with Crippen molar-refractivity contribution in [2.24, 2.45) is 5.41 Å². The van der Waals surface area contributed by atoms with Gasteiger partial charge < -0.3 is 10.4 Å². The smallest absolute Gasteiger partial charge is 0.319 e. The molecule has 7 nitrogen and oxygen atoms in total. The molecule has 1 atom stereocenters. The highest BCUT2D eigenvalue weighted by atomic mass is 16.4. The van der Waals surface area contributed by atoms with Crippen LogP contribution >= 0.6 is 0 Å². The van der Waals surface area contributed by atoms with Crippen LogP contribution in [0.1, 0.15) is 31.6 Å². The lowest BCUT2D eigenvalue weighted by Gasteiger charge is -2.15. The summed E-state index contributed by atoms with van der Waals surface area (Å²) in [4.78, 5) is 23.2. The molecule has 1 aliphatic carbocycles. The SMILES string of the molecule is CC(NC(=O)C1(C(=O)O)CC1)c1nnc2ccccn12. The molecule has 2 heterocycles. The summed E-state index contributed by atoms with van der Waals surface area (Å²) in [6.07, 6.45) is 2.58. The lowest BCUT2D eigenvalue weighted by Crippen LogP contribution is -2.38. The van der Waals surface area contributed by atoms with E-state index >= 15 is 0 Å². The van der Waals surface area contributed by atoms with Crippen molar-refractivity contribution in [2.75, 3.05) is 0 Å². The summed E-state index contributed by atoms with van der Waals surface area (Å²) in [6, 6.07) is 5.09. The lowest BCUT2D eigenvalue weighted by molar-refractivity contribution is -0.149. The molecule has 20 heavy (non-hydrogen) atoms. The third-order valence-electron chi connectivity index (χ3n) is 3.67. The fourth-order valence-corrected chi connectivity index (χ4v) is 2.22. The van der Waals surface area contributed by atoms with Crippen molar-refractivity contribution in [3.63, 3.8) is 0 Å². The molecule has 1 saturated carbocycles. The van der Waals surface area contributed by atoms with Crippen molar-refractivity contribution in [1.29, 1.82) is 0 Å². The number of aromatic nitrogens is 3. The van der Waals surface area contributed by atoms with Crippen LogP contribution < -0.4 is 5.32 Å². The second-order valence-electron chi connectivity index (χ2n) is 5.07. The number of aliphatic carboxylic acids is 1. The maximum absolute atomic E-state index is 12.1. The number of carboxylic acids is 1. The van der Waals surface area contributed by atoms with Crippen molar-refractivity contribution in [3.8, 4) is 0 Å². The molecule has 0 spiro atoms. The number of nitrogens with one attached hydrogen (secondary N) is 1. The van der Waals surface area contributed by atoms with E-state index < -0.39 is 23.3 Å². The van der Waals surface area contributed by atoms with Crippen LogP contribution in [-0.2, 0) is 9.59 Å². The fourth-order valence-electron chi connectivity index (χ4n) is 2.22. The van der Waals surface area contributed by atoms with E-state index in [4.69, 9.17) is 5.11 Å². The lowest BCUT2D eigenvalue weighted by atomic mass is 10.1. The molecule has 0 saturated heterocycles. The zero-order chi connectivity index (χ0) is 14.3. The van der Waals surface area contributed by atoms with Crippen LogP contribution in [0.2, 0.25) is 0 Å². The van der Waals surface area contributed by atoms with E-state index in [9.17, 15) is 9.59 Å². The molecule has 3 rings (SSSR count). The van der Waals surface area contributed by atoms with Gasteiger partial charge in [0.25, 0.3) is 0 Å². The summed E-state index contributed by atoms with van der Waals surface area (Å²) in [7, 11) is 0. The van der Waals surface area contributed by atoms with Crippen molar-refractivity contribution < 1.29 is 14.7 Å². The van der Waals surface area contributed by atoms with E-state index in [0.29, 0.717) is 24.3 Å². The quantitative estimate of drug-likeness (QED) is 0.803. The average Bonchev–Trinajstić information content (AvgIpc) is 3.13. The minimum absolute atomic E-state index is 0.390. The Morgan fingerprint density at radius 3 is 2.80 bits per heavy atom. The summed E-state index contributed by atoms with van der Waals surface area (Å²) < 4.78 is 1.77. The van der Waals surface area contributed by atoms with E-state index in [1.54, 1.807) is 17.5 Å². The van der Waals surface area contributed by atoms with Gasteiger partial charge in [0, 0.05) is 6.20 Å². The van der Waals surface area contributed by atoms with E-state index in [-0.39, 0.29) is 0 Å². The number of carboxylic acid groups (broad SMARTS) is 1. The predicted molar refractivity (Wildman–Crippen MR) is 68.8 cm³/mol. The minimum Gasteiger partial charge on any atom is -0.480 e. The van der Waals surface area contributed by atoms with E-state index in [1.807, 2.05) is 18.2 Å². The maximum atomic E-state index is 12.1. The summed E-state index contributed by atoms with van der Waals surface area (Å²) in [6.45, 7) is 1.76. The Hall–Kier alpha value is -2.44. The normalized spacial score (nSPS) is 17.6. The van der Waals surface area contributed by atoms with Crippen molar-refractivity contribution >= 4 is 17.5 Å². The Kier molecular flexibility index (Phi) is 2.70. The number of hydrogen-bond donors (Lipinski definition) is 2. The fraction of sp³-hybridized carbons (Fsp3) is 0.385. The van der Waals surface area contributed by atoms with E-state index in [0.717, 1.165) is 0 Å². The van der Waals surface area contributed by atoms with Crippen LogP contribution in [0, 0.1) is 5.41 Å². The van der Waals surface area contributed by atoms with Crippen molar-refractivity contribution in [2.45, 2.75) is 25.8 Å². The molecule has 1 unspecified atom stereocenters. The molecule has 104 valence electrons. The number of amides is 1. The molecule has 1 fully saturated rings. The largest absolute Gasteiger partial charge is 0.480 e. The zero-order valence-electron chi connectivity index (χ0n) is 10.9. The van der Waals surface area contributed by atoms with E-state index in [1.165, 1.54) is 0 Å². The monoisotopic (exact) mass is 274 g/mol. The topological polar surface area (TPSA) is 96.6 Å². The summed E-state index contributed by atoms with van der Waals surface area (Å²) in [5, 5.41) is 19.9. The van der Waals surface area contributed by atoms with Gasteiger partial charge in [0.15, 0.2) is 11.5 Å². The molecule has 2 N–H and O–H groups in total. The first-order valence-electron chi connectivity index (χ1n) is 6.38. The Morgan fingerprint density at radius 2 is 2.15 bits per heavy atom. The molecule has 1 aliphatic rings. The molecule has 1 amide bonds. The number of nitrogens with zero attached hydrogens (tertiary/aromatic N) is 3. The highest BCUT2D eigenvalue weighted by Gasteiger charge is 2.57. The predicted octanol–water partition coefficient (Wildman–Crippen LogP) is 0.771. The van der Waals surface area contributed by atoms with Crippen LogP contribution in [0.25, 0.3) is 5.65 Å². The Bertz CT molecular complexity index is 690. The number of pyridine rings is 1. The van der Waals surface area contributed by atoms with Gasteiger partial charge in [0.05, 0.1) is 6.04 Å². The number of rotatable bonds is 4. The van der Waals surface area contributed by atoms with Gasteiger partial charge in [-0.2, -0.15) is 0 Å². The Balaban J connectivity index is 1.82. The molecular weight excluding hydrogens is 260 g/mol. The second-order valence-corrected chi connectivity index (χ2v) is 5.07. The van der Waals surface area contributed by atoms with Crippen LogP contribution in [0.15, 0.2) is 24.4 Å². The first-order chi connectivity index (χ1) is 9.54. The van der Waals surface area contributed by atoms with Gasteiger partial charge in [-0.05, 0) is 31.9 Å². The summed E-state index contributed by atoms with van der Waals surface area (Å²) in [5.74, 6) is -0.936. The van der Waals surface area contributed by atoms with E-state index in [2.05, 4.69) is 15.5 Å². The van der Waals surface area contributed by atoms with Gasteiger partial charge in [-0.3, -0.25) is 14.0 Å². The standard InChI is InChI=1S/C13H14N4O3/c1-8(14-11(18)13(5-6-13)12(19)20)10-16-15-9-4-2-3-7-17(9)10/h2-4,7-8H,5-6H2,1H3,(H,14,18)(H,19,20). The zero-order valence-corrected chi connectivity index (χ0v) is 10.9. The van der Waals surface area contributed by atoms with Gasteiger partial charge in [-0.25, -0.2) is 0 Å². The van der Waals surface area contributed by atoms with Crippen LogP contribution in [0.5, 0.6) is 0 Å². The van der Waals surface area contributed by atoms with Gasteiger partial charge in [0.1, 0.15) is 5.41 Å². The maximum Gasteiger partial charge on any atom is 0.319 e. The first-order valence-corrected chi connectivity index (χ1v) is 6.38. The third kappa shape index (κ3) is 1.82. The minimum atomic E-state index is -1.24. The average molecular weight is 274 g/mol. The first kappa shape index (κ1) is 12.6.